The second-order valence-corrected chi connectivity index (χ2v) is 3.80. The fraction of sp³-hybridized carbons (Fsp3) is 0.286. The summed E-state index contributed by atoms with van der Waals surface area (Å²) < 4.78 is 51.7. The first-order valence-electron chi connectivity index (χ1n) is 3.90. The van der Waals surface area contributed by atoms with Crippen LogP contribution in [0.5, 0.6) is 5.88 Å². The molecule has 1 aromatic rings. The van der Waals surface area contributed by atoms with Crippen molar-refractivity contribution in [1.82, 2.24) is 4.98 Å². The number of nitrogens with zero attached hydrogens (tertiary/aromatic N) is 2. The molecule has 0 aromatic carbocycles. The molecule has 0 saturated carbocycles. The SMILES string of the molecule is O=[N+]([O-])c1c(CF)cc(I)nc1OC(F)(F)F. The van der Waals surface area contributed by atoms with Crippen LogP contribution in [-0.4, -0.2) is 16.3 Å². The van der Waals surface area contributed by atoms with Crippen molar-refractivity contribution in [3.63, 3.8) is 0 Å². The molecule has 0 spiro atoms. The molecule has 0 saturated heterocycles. The highest BCUT2D eigenvalue weighted by Crippen LogP contribution is 2.34. The van der Waals surface area contributed by atoms with Crippen molar-refractivity contribution in [2.45, 2.75) is 13.0 Å². The van der Waals surface area contributed by atoms with Gasteiger partial charge in [0.2, 0.25) is 0 Å². The van der Waals surface area contributed by atoms with Gasteiger partial charge in [-0.3, -0.25) is 10.1 Å². The Morgan fingerprint density at radius 2 is 2.12 bits per heavy atom. The van der Waals surface area contributed by atoms with E-state index in [1.165, 1.54) is 22.6 Å². The molecule has 0 radical (unpaired) electrons. The summed E-state index contributed by atoms with van der Waals surface area (Å²) in [5.74, 6) is -1.26. The van der Waals surface area contributed by atoms with Crippen LogP contribution < -0.4 is 4.74 Å². The highest BCUT2D eigenvalue weighted by molar-refractivity contribution is 14.1. The number of nitro groups is 1. The van der Waals surface area contributed by atoms with Gasteiger partial charge < -0.3 is 4.74 Å². The van der Waals surface area contributed by atoms with E-state index < -0.39 is 35.1 Å². The normalized spacial score (nSPS) is 11.4. The summed E-state index contributed by atoms with van der Waals surface area (Å²) in [6.45, 7) is -1.29. The Labute approximate surface area is 105 Å². The minimum Gasteiger partial charge on any atom is -0.381 e. The summed E-state index contributed by atoms with van der Waals surface area (Å²) >= 11 is 1.50. The topological polar surface area (TPSA) is 65.3 Å². The molecule has 0 bridgehead atoms. The Morgan fingerprint density at radius 1 is 1.53 bits per heavy atom. The molecule has 1 rings (SSSR count). The number of pyridine rings is 1. The standard InChI is InChI=1S/C7H3F4IN2O3/c8-2-3-1-4(12)13-6(5(3)14(15)16)17-7(9,10)11/h1H,2H2. The number of halogens is 5. The van der Waals surface area contributed by atoms with Crippen molar-refractivity contribution >= 4 is 28.3 Å². The van der Waals surface area contributed by atoms with Crippen LogP contribution in [0.15, 0.2) is 6.07 Å². The van der Waals surface area contributed by atoms with Gasteiger partial charge in [-0.25, -0.2) is 9.37 Å². The second kappa shape index (κ2) is 4.98. The van der Waals surface area contributed by atoms with Crippen LogP contribution in [0.25, 0.3) is 0 Å². The Bertz CT molecular complexity index is 451. The minimum atomic E-state index is -5.13. The third-order valence-electron chi connectivity index (χ3n) is 1.55. The number of alkyl halides is 4. The van der Waals surface area contributed by atoms with Gasteiger partial charge >= 0.3 is 17.9 Å². The zero-order chi connectivity index (χ0) is 13.2. The summed E-state index contributed by atoms with van der Waals surface area (Å²) in [6, 6.07) is 0.974. The molecule has 0 aliphatic rings. The van der Waals surface area contributed by atoms with E-state index in [9.17, 15) is 27.7 Å². The predicted molar refractivity (Wildman–Crippen MR) is 55.1 cm³/mol. The van der Waals surface area contributed by atoms with Gasteiger partial charge in [-0.05, 0) is 28.7 Å². The number of hydrogen-bond acceptors (Lipinski definition) is 4. The smallest absolute Gasteiger partial charge is 0.381 e. The van der Waals surface area contributed by atoms with Gasteiger partial charge in [-0.15, -0.1) is 13.2 Å². The lowest BCUT2D eigenvalue weighted by atomic mass is 10.2. The van der Waals surface area contributed by atoms with E-state index in [1.54, 1.807) is 0 Å². The van der Waals surface area contributed by atoms with E-state index in [0.717, 1.165) is 6.07 Å². The highest BCUT2D eigenvalue weighted by atomic mass is 127. The first-order chi connectivity index (χ1) is 7.74. The predicted octanol–water partition coefficient (Wildman–Crippen LogP) is 2.96. The molecule has 0 atom stereocenters. The monoisotopic (exact) mass is 366 g/mol. The summed E-state index contributed by atoms with van der Waals surface area (Å²) in [4.78, 5) is 12.6. The van der Waals surface area contributed by atoms with Crippen molar-refractivity contribution < 1.29 is 27.2 Å². The molecule has 17 heavy (non-hydrogen) atoms. The van der Waals surface area contributed by atoms with E-state index in [1.807, 2.05) is 0 Å². The van der Waals surface area contributed by atoms with Gasteiger partial charge in [0, 0.05) is 0 Å². The van der Waals surface area contributed by atoms with Crippen molar-refractivity contribution in [3.05, 3.63) is 25.4 Å². The van der Waals surface area contributed by atoms with Gasteiger partial charge in [-0.1, -0.05) is 0 Å². The maximum Gasteiger partial charge on any atom is 0.574 e. The average molecular weight is 366 g/mol. The minimum absolute atomic E-state index is 0.0416. The molecular weight excluding hydrogens is 363 g/mol. The lowest BCUT2D eigenvalue weighted by Crippen LogP contribution is -2.19. The summed E-state index contributed by atoms with van der Waals surface area (Å²) in [7, 11) is 0. The molecule has 0 N–H and O–H groups in total. The number of aromatic nitrogens is 1. The van der Waals surface area contributed by atoms with E-state index in [-0.39, 0.29) is 3.70 Å². The van der Waals surface area contributed by atoms with E-state index >= 15 is 0 Å². The van der Waals surface area contributed by atoms with Crippen LogP contribution >= 0.6 is 22.6 Å². The molecule has 5 nitrogen and oxygen atoms in total. The average Bonchev–Trinajstić information content (AvgIpc) is 2.12. The molecule has 10 heteroatoms. The van der Waals surface area contributed by atoms with Gasteiger partial charge in [0.15, 0.2) is 0 Å². The molecule has 1 aromatic heterocycles. The third-order valence-corrected chi connectivity index (χ3v) is 2.10. The molecular formula is C7H3F4IN2O3. The zero-order valence-electron chi connectivity index (χ0n) is 7.79. The van der Waals surface area contributed by atoms with Crippen LogP contribution in [0.3, 0.4) is 0 Å². The fourth-order valence-corrected chi connectivity index (χ4v) is 1.60. The van der Waals surface area contributed by atoms with E-state index in [0.29, 0.717) is 0 Å². The van der Waals surface area contributed by atoms with E-state index in [2.05, 4.69) is 9.72 Å². The zero-order valence-corrected chi connectivity index (χ0v) is 9.95. The van der Waals surface area contributed by atoms with Crippen LogP contribution in [0.1, 0.15) is 5.56 Å². The van der Waals surface area contributed by atoms with Crippen LogP contribution in [0.2, 0.25) is 0 Å². The fourth-order valence-electron chi connectivity index (χ4n) is 1.01. The van der Waals surface area contributed by atoms with Crippen molar-refractivity contribution in [1.29, 1.82) is 0 Å². The van der Waals surface area contributed by atoms with Crippen molar-refractivity contribution in [2.24, 2.45) is 0 Å². The molecule has 0 fully saturated rings. The maximum atomic E-state index is 12.5. The molecule has 0 aliphatic carbocycles. The number of hydrogen-bond donors (Lipinski definition) is 0. The first-order valence-corrected chi connectivity index (χ1v) is 4.98. The van der Waals surface area contributed by atoms with Crippen molar-refractivity contribution in [3.8, 4) is 5.88 Å². The van der Waals surface area contributed by atoms with Crippen molar-refractivity contribution in [2.75, 3.05) is 0 Å². The highest BCUT2D eigenvalue weighted by Gasteiger charge is 2.37. The molecule has 94 valence electrons. The van der Waals surface area contributed by atoms with Crippen LogP contribution in [-0.2, 0) is 6.67 Å². The molecule has 0 unspecified atom stereocenters. The quantitative estimate of drug-likeness (QED) is 0.271. The van der Waals surface area contributed by atoms with E-state index in [4.69, 9.17) is 0 Å². The van der Waals surface area contributed by atoms with Gasteiger partial charge in [0.05, 0.1) is 10.5 Å². The van der Waals surface area contributed by atoms with Gasteiger partial charge in [-0.2, -0.15) is 0 Å². The Hall–Kier alpha value is -1.20. The second-order valence-electron chi connectivity index (χ2n) is 2.70. The number of rotatable bonds is 3. The maximum absolute atomic E-state index is 12.5. The summed E-state index contributed by atoms with van der Waals surface area (Å²) in [5, 5.41) is 10.5. The Balaban J connectivity index is 3.35. The molecule has 0 amide bonds. The molecule has 1 heterocycles. The van der Waals surface area contributed by atoms with Gasteiger partial charge in [0.1, 0.15) is 10.4 Å². The largest absolute Gasteiger partial charge is 0.574 e. The summed E-state index contributed by atoms with van der Waals surface area (Å²) in [6.07, 6.45) is -5.13. The Morgan fingerprint density at radius 3 is 2.53 bits per heavy atom. The summed E-state index contributed by atoms with van der Waals surface area (Å²) in [5.41, 5.74) is -1.64. The number of ether oxygens (including phenoxy) is 1. The Kier molecular flexibility index (Phi) is 4.06. The third kappa shape index (κ3) is 3.64. The van der Waals surface area contributed by atoms with Crippen LogP contribution in [0, 0.1) is 13.8 Å². The lowest BCUT2D eigenvalue weighted by Gasteiger charge is -2.09. The van der Waals surface area contributed by atoms with Gasteiger partial charge in [0.25, 0.3) is 0 Å². The van der Waals surface area contributed by atoms with Crippen LogP contribution in [0.4, 0.5) is 23.2 Å². The first kappa shape index (κ1) is 13.9. The lowest BCUT2D eigenvalue weighted by molar-refractivity contribution is -0.390. The molecule has 0 aliphatic heterocycles.